The molecule has 0 spiro atoms. The van der Waals surface area contributed by atoms with E-state index in [0.29, 0.717) is 24.3 Å². The summed E-state index contributed by atoms with van der Waals surface area (Å²) in [5.74, 6) is -0.344. The van der Waals surface area contributed by atoms with E-state index in [9.17, 15) is 23.3 Å². The molecule has 1 aliphatic heterocycles. The van der Waals surface area contributed by atoms with E-state index in [4.69, 9.17) is 23.2 Å². The van der Waals surface area contributed by atoms with Gasteiger partial charge in [0.25, 0.3) is 5.69 Å². The number of carbonyl (C=O) groups excluding carboxylic acids is 1. The van der Waals surface area contributed by atoms with Crippen LogP contribution in [0.1, 0.15) is 5.56 Å². The number of aryl methyl sites for hydroxylation is 1. The van der Waals surface area contributed by atoms with Crippen molar-refractivity contribution < 1.29 is 18.1 Å². The minimum Gasteiger partial charge on any atom is -0.325 e. The molecule has 0 atom stereocenters. The minimum atomic E-state index is -3.86. The average molecular weight is 487 g/mol. The van der Waals surface area contributed by atoms with Gasteiger partial charge in [-0.3, -0.25) is 19.8 Å². The second-order valence-corrected chi connectivity index (χ2v) is 9.73. The number of rotatable bonds is 6. The van der Waals surface area contributed by atoms with Crippen LogP contribution in [0.15, 0.2) is 41.3 Å². The number of halogens is 2. The van der Waals surface area contributed by atoms with Crippen molar-refractivity contribution in [2.24, 2.45) is 0 Å². The molecule has 1 aliphatic rings. The van der Waals surface area contributed by atoms with Crippen molar-refractivity contribution in [1.82, 2.24) is 9.21 Å². The molecular weight excluding hydrogens is 467 g/mol. The number of carbonyl (C=O) groups is 1. The van der Waals surface area contributed by atoms with Gasteiger partial charge in [0, 0.05) is 43.5 Å². The largest absolute Gasteiger partial charge is 0.325 e. The van der Waals surface area contributed by atoms with Gasteiger partial charge in [-0.05, 0) is 25.1 Å². The van der Waals surface area contributed by atoms with Crippen molar-refractivity contribution in [3.05, 3.63) is 62.1 Å². The summed E-state index contributed by atoms with van der Waals surface area (Å²) in [4.78, 5) is 24.6. The first-order chi connectivity index (χ1) is 14.6. The molecule has 1 heterocycles. The number of piperazine rings is 1. The Morgan fingerprint density at radius 3 is 2.32 bits per heavy atom. The van der Waals surface area contributed by atoms with Gasteiger partial charge in [0.1, 0.15) is 4.90 Å². The predicted molar refractivity (Wildman–Crippen MR) is 118 cm³/mol. The Balaban J connectivity index is 1.60. The van der Waals surface area contributed by atoms with E-state index in [1.807, 2.05) is 0 Å². The molecule has 0 aliphatic carbocycles. The highest BCUT2D eigenvalue weighted by Crippen LogP contribution is 2.32. The van der Waals surface area contributed by atoms with Crippen LogP contribution in [0.5, 0.6) is 0 Å². The molecule has 1 saturated heterocycles. The summed E-state index contributed by atoms with van der Waals surface area (Å²) in [6, 6.07) is 8.98. The summed E-state index contributed by atoms with van der Waals surface area (Å²) in [5.41, 5.74) is 0.755. The summed E-state index contributed by atoms with van der Waals surface area (Å²) >= 11 is 12.1. The van der Waals surface area contributed by atoms with Gasteiger partial charge in [-0.2, -0.15) is 4.31 Å². The Morgan fingerprint density at radius 2 is 1.74 bits per heavy atom. The topological polar surface area (TPSA) is 113 Å². The smallest absolute Gasteiger partial charge is 0.274 e. The van der Waals surface area contributed by atoms with Crippen LogP contribution >= 0.6 is 23.2 Å². The number of nitro groups is 1. The van der Waals surface area contributed by atoms with Gasteiger partial charge in [0.2, 0.25) is 15.9 Å². The maximum Gasteiger partial charge on any atom is 0.274 e. The molecule has 12 heteroatoms. The lowest BCUT2D eigenvalue weighted by atomic mass is 10.2. The Bertz CT molecular complexity index is 1100. The third kappa shape index (κ3) is 5.34. The lowest BCUT2D eigenvalue weighted by Gasteiger charge is -2.33. The highest BCUT2D eigenvalue weighted by molar-refractivity contribution is 7.89. The van der Waals surface area contributed by atoms with E-state index < -0.39 is 14.9 Å². The number of anilines is 1. The van der Waals surface area contributed by atoms with Gasteiger partial charge in [-0.1, -0.05) is 35.3 Å². The lowest BCUT2D eigenvalue weighted by Crippen LogP contribution is -2.50. The fourth-order valence-corrected chi connectivity index (χ4v) is 5.79. The van der Waals surface area contributed by atoms with E-state index in [2.05, 4.69) is 5.32 Å². The number of amides is 1. The summed E-state index contributed by atoms with van der Waals surface area (Å²) in [6.45, 7) is 2.67. The zero-order chi connectivity index (χ0) is 22.8. The number of nitro benzene ring substituents is 1. The van der Waals surface area contributed by atoms with Crippen molar-refractivity contribution in [1.29, 1.82) is 0 Å². The molecule has 2 aromatic carbocycles. The number of sulfonamides is 1. The predicted octanol–water partition coefficient (Wildman–Crippen LogP) is 3.16. The SMILES string of the molecule is Cc1ccc(NC(=O)CN2CCN(S(=O)(=O)c3c(Cl)cccc3Cl)CC2)cc1[N+](=O)[O-]. The minimum absolute atomic E-state index is 0.0302. The molecular formula is C19H20Cl2N4O5S. The summed E-state index contributed by atoms with van der Waals surface area (Å²) < 4.78 is 27.1. The molecule has 2 aromatic rings. The maximum absolute atomic E-state index is 12.9. The van der Waals surface area contributed by atoms with Crippen molar-refractivity contribution in [2.75, 3.05) is 38.0 Å². The van der Waals surface area contributed by atoms with E-state index in [-0.39, 0.29) is 46.2 Å². The zero-order valence-electron chi connectivity index (χ0n) is 16.5. The van der Waals surface area contributed by atoms with Crippen LogP contribution in [0.25, 0.3) is 0 Å². The molecule has 166 valence electrons. The van der Waals surface area contributed by atoms with Gasteiger partial charge in [0.15, 0.2) is 0 Å². The van der Waals surface area contributed by atoms with Crippen LogP contribution in [0.2, 0.25) is 10.0 Å². The molecule has 1 amide bonds. The highest BCUT2D eigenvalue weighted by atomic mass is 35.5. The van der Waals surface area contributed by atoms with Crippen molar-refractivity contribution >= 4 is 50.5 Å². The summed E-state index contributed by atoms with van der Waals surface area (Å²) in [5, 5.41) is 13.8. The Morgan fingerprint density at radius 1 is 1.13 bits per heavy atom. The first kappa shape index (κ1) is 23.4. The molecule has 0 bridgehead atoms. The van der Waals surface area contributed by atoms with E-state index in [0.717, 1.165) is 0 Å². The van der Waals surface area contributed by atoms with Gasteiger partial charge in [0.05, 0.1) is 21.5 Å². The second-order valence-electron chi connectivity index (χ2n) is 7.04. The van der Waals surface area contributed by atoms with Crippen LogP contribution in [0.3, 0.4) is 0 Å². The normalized spacial score (nSPS) is 15.6. The molecule has 0 saturated carbocycles. The fraction of sp³-hybridized carbons (Fsp3) is 0.316. The van der Waals surface area contributed by atoms with Crippen LogP contribution in [0, 0.1) is 17.0 Å². The second kappa shape index (κ2) is 9.49. The number of hydrogen-bond acceptors (Lipinski definition) is 6. The maximum atomic E-state index is 12.9. The highest BCUT2D eigenvalue weighted by Gasteiger charge is 2.32. The van der Waals surface area contributed by atoms with Crippen molar-refractivity contribution in [2.45, 2.75) is 11.8 Å². The van der Waals surface area contributed by atoms with Gasteiger partial charge in [-0.15, -0.1) is 0 Å². The molecule has 0 unspecified atom stereocenters. The van der Waals surface area contributed by atoms with Crippen LogP contribution < -0.4 is 5.32 Å². The number of nitrogens with one attached hydrogen (secondary N) is 1. The van der Waals surface area contributed by atoms with E-state index in [1.54, 1.807) is 30.0 Å². The van der Waals surface area contributed by atoms with Crippen LogP contribution in [-0.2, 0) is 14.8 Å². The first-order valence-corrected chi connectivity index (χ1v) is 11.5. The third-order valence-corrected chi connectivity index (χ3v) is 7.76. The molecule has 1 N–H and O–H groups in total. The number of nitrogens with zero attached hydrogens (tertiary/aromatic N) is 3. The van der Waals surface area contributed by atoms with Gasteiger partial charge in [-0.25, -0.2) is 8.42 Å². The zero-order valence-corrected chi connectivity index (χ0v) is 18.9. The van der Waals surface area contributed by atoms with E-state index in [1.165, 1.54) is 22.5 Å². The molecule has 1 fully saturated rings. The molecule has 3 rings (SSSR count). The van der Waals surface area contributed by atoms with E-state index >= 15 is 0 Å². The molecule has 0 radical (unpaired) electrons. The Hall–Kier alpha value is -2.24. The Labute approximate surface area is 189 Å². The first-order valence-electron chi connectivity index (χ1n) is 9.31. The van der Waals surface area contributed by atoms with Crippen molar-refractivity contribution in [3.8, 4) is 0 Å². The summed E-state index contributed by atoms with van der Waals surface area (Å²) in [6.07, 6.45) is 0. The van der Waals surface area contributed by atoms with Crippen molar-refractivity contribution in [3.63, 3.8) is 0 Å². The number of hydrogen-bond donors (Lipinski definition) is 1. The molecule has 9 nitrogen and oxygen atoms in total. The van der Waals surface area contributed by atoms with Crippen LogP contribution in [-0.4, -0.2) is 61.2 Å². The standard InChI is InChI=1S/C19H20Cl2N4O5S/c1-13-5-6-14(11-17(13)25(27)28)22-18(26)12-23-7-9-24(10-8-23)31(29,30)19-15(20)3-2-4-16(19)21/h2-6,11H,7-10,12H2,1H3,(H,22,26). The molecule has 31 heavy (non-hydrogen) atoms. The fourth-order valence-electron chi connectivity index (χ4n) is 3.27. The quantitative estimate of drug-likeness (QED) is 0.495. The van der Waals surface area contributed by atoms with Gasteiger partial charge >= 0.3 is 0 Å². The monoisotopic (exact) mass is 486 g/mol. The third-order valence-electron chi connectivity index (χ3n) is 4.90. The van der Waals surface area contributed by atoms with Gasteiger partial charge < -0.3 is 5.32 Å². The number of benzene rings is 2. The Kier molecular flexibility index (Phi) is 7.17. The average Bonchev–Trinajstić information content (AvgIpc) is 2.69. The lowest BCUT2D eigenvalue weighted by molar-refractivity contribution is -0.385. The molecule has 0 aromatic heterocycles. The summed E-state index contributed by atoms with van der Waals surface area (Å²) in [7, 11) is -3.86. The van der Waals surface area contributed by atoms with Crippen LogP contribution in [0.4, 0.5) is 11.4 Å².